The maximum atomic E-state index is 12.6. The van der Waals surface area contributed by atoms with E-state index in [1.54, 1.807) is 12.1 Å². The van der Waals surface area contributed by atoms with Gasteiger partial charge in [0.1, 0.15) is 4.90 Å². The molecular weight excluding hydrogens is 300 g/mol. The number of morpholine rings is 1. The predicted molar refractivity (Wildman–Crippen MR) is 78.4 cm³/mol. The summed E-state index contributed by atoms with van der Waals surface area (Å²) < 4.78 is 31.8. The molecule has 0 saturated carbocycles. The van der Waals surface area contributed by atoms with Gasteiger partial charge >= 0.3 is 0 Å². The number of rotatable bonds is 5. The van der Waals surface area contributed by atoms with E-state index in [9.17, 15) is 8.42 Å². The minimum Gasteiger partial charge on any atom is -0.379 e. The van der Waals surface area contributed by atoms with E-state index in [0.717, 1.165) is 12.1 Å². The molecule has 0 atom stereocenters. The molecule has 0 aromatic heterocycles. The molecule has 1 fully saturated rings. The van der Waals surface area contributed by atoms with Gasteiger partial charge in [-0.05, 0) is 24.2 Å². The van der Waals surface area contributed by atoms with E-state index >= 15 is 0 Å². The molecule has 1 aromatic rings. The SMILES string of the molecule is CCNCc1ccc(Cl)c(S(=O)(=O)N2CCOCC2)c1. The van der Waals surface area contributed by atoms with Gasteiger partial charge in [0.25, 0.3) is 0 Å². The lowest BCUT2D eigenvalue weighted by molar-refractivity contribution is 0.0730. The zero-order valence-corrected chi connectivity index (χ0v) is 13.0. The van der Waals surface area contributed by atoms with Crippen molar-refractivity contribution in [2.24, 2.45) is 0 Å². The van der Waals surface area contributed by atoms with E-state index < -0.39 is 10.0 Å². The summed E-state index contributed by atoms with van der Waals surface area (Å²) in [5.74, 6) is 0. The van der Waals surface area contributed by atoms with Crippen LogP contribution in [-0.2, 0) is 21.3 Å². The fourth-order valence-electron chi connectivity index (χ4n) is 2.05. The second kappa shape index (κ2) is 6.87. The average molecular weight is 319 g/mol. The van der Waals surface area contributed by atoms with Crippen molar-refractivity contribution in [3.8, 4) is 0 Å². The zero-order chi connectivity index (χ0) is 14.6. The Balaban J connectivity index is 2.29. The van der Waals surface area contributed by atoms with Crippen LogP contribution in [-0.4, -0.2) is 45.6 Å². The number of nitrogens with zero attached hydrogens (tertiary/aromatic N) is 1. The smallest absolute Gasteiger partial charge is 0.244 e. The third-order valence-electron chi connectivity index (χ3n) is 3.16. The number of nitrogens with one attached hydrogen (secondary N) is 1. The summed E-state index contributed by atoms with van der Waals surface area (Å²) in [7, 11) is -3.55. The van der Waals surface area contributed by atoms with Crippen LogP contribution in [0, 0.1) is 0 Å². The first kappa shape index (κ1) is 15.7. The van der Waals surface area contributed by atoms with Gasteiger partial charge in [-0.1, -0.05) is 24.6 Å². The van der Waals surface area contributed by atoms with Gasteiger partial charge in [0.15, 0.2) is 0 Å². The lowest BCUT2D eigenvalue weighted by Crippen LogP contribution is -2.40. The fourth-order valence-corrected chi connectivity index (χ4v) is 3.98. The molecule has 1 N–H and O–H groups in total. The molecule has 5 nitrogen and oxygen atoms in total. The van der Waals surface area contributed by atoms with Crippen molar-refractivity contribution in [3.63, 3.8) is 0 Å². The minimum atomic E-state index is -3.55. The van der Waals surface area contributed by atoms with Crippen molar-refractivity contribution < 1.29 is 13.2 Å². The van der Waals surface area contributed by atoms with Crippen molar-refractivity contribution >= 4 is 21.6 Å². The summed E-state index contributed by atoms with van der Waals surface area (Å²) in [4.78, 5) is 0.177. The molecule has 0 aliphatic carbocycles. The van der Waals surface area contributed by atoms with Crippen molar-refractivity contribution in [1.82, 2.24) is 9.62 Å². The molecular formula is C13H19ClN2O3S. The van der Waals surface area contributed by atoms with E-state index in [4.69, 9.17) is 16.3 Å². The first-order chi connectivity index (χ1) is 9.55. The van der Waals surface area contributed by atoms with Crippen LogP contribution in [0.5, 0.6) is 0 Å². The van der Waals surface area contributed by atoms with Gasteiger partial charge in [-0.3, -0.25) is 0 Å². The number of benzene rings is 1. The Labute approximate surface area is 124 Å². The number of hydrogen-bond donors (Lipinski definition) is 1. The summed E-state index contributed by atoms with van der Waals surface area (Å²) in [5, 5.41) is 3.43. The van der Waals surface area contributed by atoms with Crippen LogP contribution in [0.15, 0.2) is 23.1 Å². The van der Waals surface area contributed by atoms with Gasteiger partial charge in [-0.15, -0.1) is 0 Å². The molecule has 20 heavy (non-hydrogen) atoms. The van der Waals surface area contributed by atoms with Gasteiger partial charge in [0.2, 0.25) is 10.0 Å². The summed E-state index contributed by atoms with van der Waals surface area (Å²) >= 11 is 6.08. The van der Waals surface area contributed by atoms with E-state index in [0.29, 0.717) is 32.8 Å². The zero-order valence-electron chi connectivity index (χ0n) is 11.4. The van der Waals surface area contributed by atoms with E-state index in [1.165, 1.54) is 4.31 Å². The predicted octanol–water partition coefficient (Wildman–Crippen LogP) is 1.47. The number of hydrogen-bond acceptors (Lipinski definition) is 4. The summed E-state index contributed by atoms with van der Waals surface area (Å²) in [6.45, 7) is 5.04. The third-order valence-corrected chi connectivity index (χ3v) is 5.54. The van der Waals surface area contributed by atoms with Crippen molar-refractivity contribution in [2.75, 3.05) is 32.8 Å². The molecule has 1 saturated heterocycles. The molecule has 0 spiro atoms. The number of ether oxygens (including phenoxy) is 1. The second-order valence-electron chi connectivity index (χ2n) is 4.56. The Kier molecular flexibility index (Phi) is 5.40. The fraction of sp³-hybridized carbons (Fsp3) is 0.538. The van der Waals surface area contributed by atoms with Crippen LogP contribution in [0.4, 0.5) is 0 Å². The highest BCUT2D eigenvalue weighted by atomic mass is 35.5. The Hall–Kier alpha value is -0.660. The van der Waals surface area contributed by atoms with Crippen LogP contribution < -0.4 is 5.32 Å². The molecule has 1 aliphatic heterocycles. The molecule has 0 unspecified atom stereocenters. The molecule has 1 aromatic carbocycles. The molecule has 0 radical (unpaired) electrons. The second-order valence-corrected chi connectivity index (χ2v) is 6.88. The number of halogens is 1. The first-order valence-corrected chi connectivity index (χ1v) is 8.44. The standard InChI is InChI=1S/C13H19ClN2O3S/c1-2-15-10-11-3-4-12(14)13(9-11)20(17,18)16-5-7-19-8-6-16/h3-4,9,15H,2,5-8,10H2,1H3. The minimum absolute atomic E-state index is 0.177. The summed E-state index contributed by atoms with van der Waals surface area (Å²) in [5.41, 5.74) is 0.906. The monoisotopic (exact) mass is 318 g/mol. The molecule has 1 heterocycles. The molecule has 1 aliphatic rings. The molecule has 7 heteroatoms. The van der Waals surface area contributed by atoms with Crippen LogP contribution >= 0.6 is 11.6 Å². The van der Waals surface area contributed by atoms with Gasteiger partial charge in [0, 0.05) is 19.6 Å². The van der Waals surface area contributed by atoms with Gasteiger partial charge < -0.3 is 10.1 Å². The lowest BCUT2D eigenvalue weighted by Gasteiger charge is -2.26. The van der Waals surface area contributed by atoms with E-state index in [-0.39, 0.29) is 9.92 Å². The summed E-state index contributed by atoms with van der Waals surface area (Å²) in [6.07, 6.45) is 0. The first-order valence-electron chi connectivity index (χ1n) is 6.62. The van der Waals surface area contributed by atoms with Gasteiger partial charge in [-0.2, -0.15) is 4.31 Å². The molecule has 2 rings (SSSR count). The highest BCUT2D eigenvalue weighted by molar-refractivity contribution is 7.89. The summed E-state index contributed by atoms with van der Waals surface area (Å²) in [6, 6.07) is 5.13. The highest BCUT2D eigenvalue weighted by Gasteiger charge is 2.28. The molecule has 0 amide bonds. The largest absolute Gasteiger partial charge is 0.379 e. The lowest BCUT2D eigenvalue weighted by atomic mass is 10.2. The van der Waals surface area contributed by atoms with Gasteiger partial charge in [-0.25, -0.2) is 8.42 Å². The van der Waals surface area contributed by atoms with Crippen LogP contribution in [0.25, 0.3) is 0 Å². The average Bonchev–Trinajstić information content (AvgIpc) is 2.47. The maximum Gasteiger partial charge on any atom is 0.244 e. The van der Waals surface area contributed by atoms with Crippen LogP contribution in [0.3, 0.4) is 0 Å². The topological polar surface area (TPSA) is 58.6 Å². The van der Waals surface area contributed by atoms with E-state index in [2.05, 4.69) is 5.32 Å². The quantitative estimate of drug-likeness (QED) is 0.893. The maximum absolute atomic E-state index is 12.6. The number of sulfonamides is 1. The Morgan fingerprint density at radius 2 is 2.05 bits per heavy atom. The third kappa shape index (κ3) is 3.51. The Morgan fingerprint density at radius 3 is 2.70 bits per heavy atom. The molecule has 112 valence electrons. The Morgan fingerprint density at radius 1 is 1.35 bits per heavy atom. The highest BCUT2D eigenvalue weighted by Crippen LogP contribution is 2.26. The van der Waals surface area contributed by atoms with Crippen molar-refractivity contribution in [3.05, 3.63) is 28.8 Å². The molecule has 0 bridgehead atoms. The normalized spacial score (nSPS) is 17.3. The van der Waals surface area contributed by atoms with Crippen molar-refractivity contribution in [2.45, 2.75) is 18.4 Å². The van der Waals surface area contributed by atoms with Crippen LogP contribution in [0.2, 0.25) is 5.02 Å². The Bertz CT molecular complexity index is 557. The van der Waals surface area contributed by atoms with E-state index in [1.807, 2.05) is 13.0 Å². The van der Waals surface area contributed by atoms with Gasteiger partial charge in [0.05, 0.1) is 18.2 Å². The van der Waals surface area contributed by atoms with Crippen molar-refractivity contribution in [1.29, 1.82) is 0 Å². The van der Waals surface area contributed by atoms with Crippen LogP contribution in [0.1, 0.15) is 12.5 Å².